The molecule has 4 aromatic carbocycles. The second kappa shape index (κ2) is 13.0. The lowest BCUT2D eigenvalue weighted by Crippen LogP contribution is -2.25. The fraction of sp³-hybridized carbons (Fsp3) is 0.257. The Morgan fingerprint density at radius 3 is 1.80 bits per heavy atom. The molecule has 1 fully saturated rings. The predicted molar refractivity (Wildman–Crippen MR) is 152 cm³/mol. The zero-order valence-electron chi connectivity index (χ0n) is 23.9. The van der Waals surface area contributed by atoms with Gasteiger partial charge in [-0.2, -0.15) is 8.78 Å². The van der Waals surface area contributed by atoms with Crippen LogP contribution < -0.4 is 4.74 Å². The molecule has 236 valence electrons. The Balaban J connectivity index is 1.33. The second-order valence-corrected chi connectivity index (χ2v) is 11.0. The summed E-state index contributed by atoms with van der Waals surface area (Å²) >= 11 is 0. The smallest absolute Gasteiger partial charge is 0.429 e. The lowest BCUT2D eigenvalue weighted by Gasteiger charge is -2.28. The molecule has 0 amide bonds. The van der Waals surface area contributed by atoms with E-state index in [2.05, 4.69) is 16.9 Å². The molecule has 1 nitrogen and oxygen atoms in total. The summed E-state index contributed by atoms with van der Waals surface area (Å²) in [6, 6.07) is 8.55. The van der Waals surface area contributed by atoms with Crippen LogP contribution in [0.1, 0.15) is 56.1 Å². The van der Waals surface area contributed by atoms with Gasteiger partial charge >= 0.3 is 6.11 Å². The van der Waals surface area contributed by atoms with Crippen LogP contribution in [0.4, 0.5) is 39.5 Å². The largest absolute Gasteiger partial charge is 0.432 e. The average Bonchev–Trinajstić information content (AvgIpc) is 2.98. The number of alkyl halides is 2. The average molecular weight is 635 g/mol. The van der Waals surface area contributed by atoms with Crippen molar-refractivity contribution in [2.75, 3.05) is 0 Å². The molecule has 0 aromatic heterocycles. The highest BCUT2D eigenvalue weighted by atomic mass is 19.3. The minimum atomic E-state index is -4.50. The van der Waals surface area contributed by atoms with Gasteiger partial charge in [0.2, 0.25) is 0 Å². The van der Waals surface area contributed by atoms with Crippen LogP contribution in [0, 0.1) is 46.6 Å². The standard InChI is InChI=1S/C35H27F9O/c1-2-3-4-19-5-7-20(8-6-19)22-14-29(38)33(30(39)15-22)35(43,44)45-24-10-12-25(28(37)18-24)21-9-11-26(27(36)13-21)23-16-31(40)34(42)32(41)17-23/h3-4,9-20H,2,5-8H2,1H3/b4-3+. The van der Waals surface area contributed by atoms with Crippen molar-refractivity contribution in [1.29, 1.82) is 0 Å². The summed E-state index contributed by atoms with van der Waals surface area (Å²) in [5.74, 6) is -10.5. The minimum absolute atomic E-state index is 0.0711. The molecule has 45 heavy (non-hydrogen) atoms. The zero-order chi connectivity index (χ0) is 32.5. The SMILES string of the molecule is CC/C=C/C1CCC(c2cc(F)c(C(F)(F)Oc3ccc(-c4ccc(-c5cc(F)c(F)c(F)c5)c(F)c4)c(F)c3)c(F)c2)CC1. The van der Waals surface area contributed by atoms with Gasteiger partial charge in [0.1, 0.15) is 34.6 Å². The van der Waals surface area contributed by atoms with E-state index < -0.39 is 58.1 Å². The number of ether oxygens (including phenoxy) is 1. The van der Waals surface area contributed by atoms with Gasteiger partial charge in [-0.25, -0.2) is 30.7 Å². The van der Waals surface area contributed by atoms with Gasteiger partial charge in [0.15, 0.2) is 17.5 Å². The molecule has 1 aliphatic carbocycles. The Hall–Kier alpha value is -4.21. The second-order valence-electron chi connectivity index (χ2n) is 11.0. The molecule has 0 spiro atoms. The van der Waals surface area contributed by atoms with E-state index in [0.717, 1.165) is 55.7 Å². The molecule has 0 heterocycles. The van der Waals surface area contributed by atoms with E-state index in [4.69, 9.17) is 0 Å². The van der Waals surface area contributed by atoms with E-state index in [1.165, 1.54) is 6.07 Å². The van der Waals surface area contributed by atoms with Crippen molar-refractivity contribution in [3.63, 3.8) is 0 Å². The summed E-state index contributed by atoms with van der Waals surface area (Å²) in [6.07, 6.45) is 3.56. The van der Waals surface area contributed by atoms with Gasteiger partial charge in [0.25, 0.3) is 0 Å². The van der Waals surface area contributed by atoms with E-state index >= 15 is 8.78 Å². The third kappa shape index (κ3) is 6.89. The first-order valence-corrected chi connectivity index (χ1v) is 14.3. The van der Waals surface area contributed by atoms with Gasteiger partial charge in [-0.3, -0.25) is 0 Å². The fourth-order valence-electron chi connectivity index (χ4n) is 5.70. The zero-order valence-corrected chi connectivity index (χ0v) is 23.9. The van der Waals surface area contributed by atoms with E-state index in [1.807, 2.05) is 6.92 Å². The molecule has 1 aliphatic rings. The third-order valence-electron chi connectivity index (χ3n) is 8.00. The molecule has 0 bridgehead atoms. The number of rotatable bonds is 8. The molecule has 4 aromatic rings. The van der Waals surface area contributed by atoms with Crippen molar-refractivity contribution in [2.24, 2.45) is 5.92 Å². The lowest BCUT2D eigenvalue weighted by atomic mass is 9.78. The molecule has 5 rings (SSSR count). The van der Waals surface area contributed by atoms with Crippen molar-refractivity contribution in [2.45, 2.75) is 51.1 Å². The molecule has 0 N–H and O–H groups in total. The maximum Gasteiger partial charge on any atom is 0.432 e. The summed E-state index contributed by atoms with van der Waals surface area (Å²) < 4.78 is 135. The van der Waals surface area contributed by atoms with E-state index in [0.29, 0.717) is 37.0 Å². The van der Waals surface area contributed by atoms with E-state index in [1.54, 1.807) is 0 Å². The molecule has 0 aliphatic heterocycles. The number of benzene rings is 4. The number of halogens is 9. The molecule has 10 heteroatoms. The molecule has 0 unspecified atom stereocenters. The molecule has 0 saturated heterocycles. The van der Waals surface area contributed by atoms with Crippen LogP contribution in [0.25, 0.3) is 22.3 Å². The Morgan fingerprint density at radius 2 is 1.22 bits per heavy atom. The van der Waals surface area contributed by atoms with Gasteiger partial charge in [-0.1, -0.05) is 31.2 Å². The Labute approximate surface area is 254 Å². The summed E-state index contributed by atoms with van der Waals surface area (Å²) in [7, 11) is 0. The highest BCUT2D eigenvalue weighted by molar-refractivity contribution is 5.72. The number of allylic oxidation sites excluding steroid dienone is 2. The van der Waals surface area contributed by atoms with Crippen LogP contribution in [0.5, 0.6) is 5.75 Å². The van der Waals surface area contributed by atoms with Gasteiger partial charge in [0.05, 0.1) is 0 Å². The van der Waals surface area contributed by atoms with E-state index in [-0.39, 0.29) is 33.7 Å². The third-order valence-corrected chi connectivity index (χ3v) is 8.00. The van der Waals surface area contributed by atoms with Gasteiger partial charge in [0, 0.05) is 17.2 Å². The van der Waals surface area contributed by atoms with Crippen molar-refractivity contribution in [3.8, 4) is 28.0 Å². The summed E-state index contributed by atoms with van der Waals surface area (Å²) in [5, 5.41) is 0. The topological polar surface area (TPSA) is 9.23 Å². The quantitative estimate of drug-likeness (QED) is 0.106. The van der Waals surface area contributed by atoms with Crippen LogP contribution in [0.2, 0.25) is 0 Å². The first kappa shape index (κ1) is 32.2. The Kier molecular flexibility index (Phi) is 9.32. The number of hydrogen-bond donors (Lipinski definition) is 0. The predicted octanol–water partition coefficient (Wildman–Crippen LogP) is 11.4. The summed E-state index contributed by atoms with van der Waals surface area (Å²) in [4.78, 5) is 0. The molecular weight excluding hydrogens is 607 g/mol. The van der Waals surface area contributed by atoms with Crippen molar-refractivity contribution in [3.05, 3.63) is 125 Å². The van der Waals surface area contributed by atoms with Crippen LogP contribution in [0.15, 0.2) is 72.8 Å². The van der Waals surface area contributed by atoms with Gasteiger partial charge in [-0.15, -0.1) is 0 Å². The van der Waals surface area contributed by atoms with E-state index in [9.17, 15) is 30.7 Å². The molecule has 0 radical (unpaired) electrons. The molecule has 0 atom stereocenters. The maximum atomic E-state index is 15.0. The van der Waals surface area contributed by atoms with Crippen molar-refractivity contribution < 1.29 is 44.3 Å². The molecular formula is C35H27F9O. The monoisotopic (exact) mass is 634 g/mol. The van der Waals surface area contributed by atoms with Crippen molar-refractivity contribution in [1.82, 2.24) is 0 Å². The van der Waals surface area contributed by atoms with Crippen LogP contribution in [0.3, 0.4) is 0 Å². The highest BCUT2D eigenvalue weighted by Gasteiger charge is 2.41. The van der Waals surface area contributed by atoms with Crippen molar-refractivity contribution >= 4 is 0 Å². The first-order chi connectivity index (χ1) is 21.4. The Bertz CT molecular complexity index is 1690. The van der Waals surface area contributed by atoms with Crippen LogP contribution in [-0.2, 0) is 6.11 Å². The summed E-state index contributed by atoms with van der Waals surface area (Å²) in [5.41, 5.74) is -2.26. The lowest BCUT2D eigenvalue weighted by molar-refractivity contribution is -0.189. The fourth-order valence-corrected chi connectivity index (χ4v) is 5.70. The number of hydrogen-bond acceptors (Lipinski definition) is 1. The maximum absolute atomic E-state index is 15.0. The summed E-state index contributed by atoms with van der Waals surface area (Å²) in [6.45, 7) is 2.03. The normalized spacial score (nSPS) is 17.2. The highest BCUT2D eigenvalue weighted by Crippen LogP contribution is 2.41. The van der Waals surface area contributed by atoms with Crippen LogP contribution >= 0.6 is 0 Å². The van der Waals surface area contributed by atoms with Gasteiger partial charge in [-0.05, 0) is 103 Å². The first-order valence-electron chi connectivity index (χ1n) is 14.3. The van der Waals surface area contributed by atoms with Crippen LogP contribution in [-0.4, -0.2) is 0 Å². The minimum Gasteiger partial charge on any atom is -0.429 e. The Morgan fingerprint density at radius 1 is 0.667 bits per heavy atom. The van der Waals surface area contributed by atoms with Gasteiger partial charge < -0.3 is 4.74 Å². The molecule has 1 saturated carbocycles.